The molecule has 0 radical (unpaired) electrons. The number of ether oxygens (including phenoxy) is 2. The third-order valence-electron chi connectivity index (χ3n) is 8.88. The van der Waals surface area contributed by atoms with Gasteiger partial charge in [-0.15, -0.1) is 0 Å². The maximum atomic E-state index is 13.7. The molecule has 1 atom stereocenters. The van der Waals surface area contributed by atoms with Crippen molar-refractivity contribution in [2.75, 3.05) is 24.3 Å². The number of nitrogens with one attached hydrogen (secondary N) is 2. The number of esters is 1. The molecule has 0 aliphatic heterocycles. The summed E-state index contributed by atoms with van der Waals surface area (Å²) in [6.45, 7) is 0.718. The normalized spacial score (nSPS) is 16.6. The van der Waals surface area contributed by atoms with Crippen molar-refractivity contribution in [3.63, 3.8) is 0 Å². The SMILES string of the molecule is COC(=O)c1ccc(NC(=O)CC2CC=C(c3cccc(OCc4ccc(Cl)c5cc(F)oc45)n3)CC2)c(NCC2(CC#N)CC2)c1. The Morgan fingerprint density at radius 2 is 2.02 bits per heavy atom. The van der Waals surface area contributed by atoms with Gasteiger partial charge in [0.25, 0.3) is 6.01 Å². The van der Waals surface area contributed by atoms with Crippen LogP contribution in [0, 0.1) is 28.7 Å². The van der Waals surface area contributed by atoms with E-state index < -0.39 is 12.0 Å². The van der Waals surface area contributed by atoms with Crippen molar-refractivity contribution in [3.8, 4) is 11.9 Å². The predicted octanol–water partition coefficient (Wildman–Crippen LogP) is 8.30. The van der Waals surface area contributed by atoms with Gasteiger partial charge in [0, 0.05) is 47.9 Å². The molecule has 2 aliphatic carbocycles. The monoisotopic (exact) mass is 656 g/mol. The molecule has 47 heavy (non-hydrogen) atoms. The molecule has 2 aromatic heterocycles. The van der Waals surface area contributed by atoms with Crippen molar-refractivity contribution in [1.82, 2.24) is 4.98 Å². The van der Waals surface area contributed by atoms with Crippen LogP contribution in [0.2, 0.25) is 5.02 Å². The molecule has 2 N–H and O–H groups in total. The zero-order valence-electron chi connectivity index (χ0n) is 25.9. The number of allylic oxidation sites excluding steroid dienone is 2. The fourth-order valence-electron chi connectivity index (χ4n) is 5.91. The first-order valence-electron chi connectivity index (χ1n) is 15.5. The van der Waals surface area contributed by atoms with Crippen LogP contribution in [0.5, 0.6) is 5.88 Å². The second-order valence-electron chi connectivity index (χ2n) is 12.2. The Kier molecular flexibility index (Phi) is 9.45. The van der Waals surface area contributed by atoms with E-state index in [0.717, 1.165) is 43.4 Å². The topological polar surface area (TPSA) is 126 Å². The van der Waals surface area contributed by atoms with Gasteiger partial charge in [-0.25, -0.2) is 9.78 Å². The molecule has 4 aromatic rings. The molecular formula is C36H34ClFN4O5. The summed E-state index contributed by atoms with van der Waals surface area (Å²) >= 11 is 6.17. The van der Waals surface area contributed by atoms with Gasteiger partial charge in [0.2, 0.25) is 11.8 Å². The summed E-state index contributed by atoms with van der Waals surface area (Å²) in [5, 5.41) is 16.5. The Morgan fingerprint density at radius 1 is 1.17 bits per heavy atom. The number of hydrogen-bond acceptors (Lipinski definition) is 8. The Labute approximate surface area is 276 Å². The minimum atomic E-state index is -0.708. The van der Waals surface area contributed by atoms with Crippen LogP contribution in [0.4, 0.5) is 15.8 Å². The Morgan fingerprint density at radius 3 is 2.77 bits per heavy atom. The van der Waals surface area contributed by atoms with E-state index in [1.54, 1.807) is 36.4 Å². The van der Waals surface area contributed by atoms with Gasteiger partial charge in [-0.1, -0.05) is 29.8 Å². The van der Waals surface area contributed by atoms with Gasteiger partial charge in [-0.05, 0) is 73.9 Å². The van der Waals surface area contributed by atoms with E-state index in [-0.39, 0.29) is 23.8 Å². The molecule has 0 spiro atoms. The molecule has 1 unspecified atom stereocenters. The van der Waals surface area contributed by atoms with Gasteiger partial charge in [0.15, 0.2) is 0 Å². The van der Waals surface area contributed by atoms with Crippen molar-refractivity contribution in [1.29, 1.82) is 5.26 Å². The lowest BCUT2D eigenvalue weighted by Crippen LogP contribution is -2.20. The molecule has 9 nitrogen and oxygen atoms in total. The van der Waals surface area contributed by atoms with E-state index in [4.69, 9.17) is 25.5 Å². The quantitative estimate of drug-likeness (QED) is 0.146. The number of furan rings is 1. The van der Waals surface area contributed by atoms with Gasteiger partial charge >= 0.3 is 5.97 Å². The molecule has 6 rings (SSSR count). The van der Waals surface area contributed by atoms with Gasteiger partial charge in [0.05, 0.1) is 40.8 Å². The standard InChI is InChI=1S/C36H34ClFN4O5/c1-45-35(44)24-10-12-29(30(18-24)40-21-36(13-14-36)15-16-39)41-32(43)17-22-5-7-23(8-6-22)28-3-2-4-33(42-28)46-20-25-9-11-27(37)26-19-31(38)47-34(25)26/h2-4,7,9-12,18-19,22,40H,5-6,8,13-15,17,20-21H2,1H3,(H,41,43). The number of anilines is 2. The summed E-state index contributed by atoms with van der Waals surface area (Å²) in [4.78, 5) is 30.0. The highest BCUT2D eigenvalue weighted by molar-refractivity contribution is 6.35. The minimum Gasteiger partial charge on any atom is -0.473 e. The second kappa shape index (κ2) is 13.9. The van der Waals surface area contributed by atoms with E-state index in [1.807, 2.05) is 12.1 Å². The molecule has 2 aromatic carbocycles. The van der Waals surface area contributed by atoms with Gasteiger partial charge in [0.1, 0.15) is 12.2 Å². The highest BCUT2D eigenvalue weighted by Gasteiger charge is 2.42. The van der Waals surface area contributed by atoms with Crippen LogP contribution in [0.1, 0.15) is 66.6 Å². The van der Waals surface area contributed by atoms with E-state index in [2.05, 4.69) is 27.8 Å². The van der Waals surface area contributed by atoms with E-state index in [1.165, 1.54) is 13.2 Å². The molecule has 2 aliphatic rings. The van der Waals surface area contributed by atoms with Crippen LogP contribution in [0.25, 0.3) is 16.5 Å². The van der Waals surface area contributed by atoms with Crippen LogP contribution in [-0.4, -0.2) is 30.5 Å². The van der Waals surface area contributed by atoms with Gasteiger partial charge in [-0.3, -0.25) is 4.79 Å². The summed E-state index contributed by atoms with van der Waals surface area (Å²) < 4.78 is 29.7. The first-order valence-corrected chi connectivity index (χ1v) is 15.9. The minimum absolute atomic E-state index is 0.0615. The Hall–Kier alpha value is -4.88. The average Bonchev–Trinajstić information content (AvgIpc) is 3.73. The number of nitriles is 1. The molecule has 2 heterocycles. The Bertz CT molecular complexity index is 1890. The van der Waals surface area contributed by atoms with Crippen molar-refractivity contribution >= 4 is 51.4 Å². The summed E-state index contributed by atoms with van der Waals surface area (Å²) in [6.07, 6.45) is 7.19. The lowest BCUT2D eigenvalue weighted by Gasteiger charge is -2.22. The third-order valence-corrected chi connectivity index (χ3v) is 9.21. The van der Waals surface area contributed by atoms with E-state index in [9.17, 15) is 19.2 Å². The third kappa shape index (κ3) is 7.58. The van der Waals surface area contributed by atoms with Crippen molar-refractivity contribution in [2.45, 2.75) is 51.6 Å². The smallest absolute Gasteiger partial charge is 0.337 e. The number of benzene rings is 2. The molecule has 0 saturated heterocycles. The summed E-state index contributed by atoms with van der Waals surface area (Å²) in [7, 11) is 1.33. The fraction of sp³-hybridized carbons (Fsp3) is 0.333. The number of pyridine rings is 1. The predicted molar refractivity (Wildman–Crippen MR) is 176 cm³/mol. The van der Waals surface area contributed by atoms with Crippen molar-refractivity contribution in [3.05, 3.63) is 88.5 Å². The highest BCUT2D eigenvalue weighted by atomic mass is 35.5. The number of fused-ring (bicyclic) bond motifs is 1. The molecule has 0 bridgehead atoms. The second-order valence-corrected chi connectivity index (χ2v) is 12.6. The number of hydrogen-bond donors (Lipinski definition) is 2. The van der Waals surface area contributed by atoms with Gasteiger partial charge in [-0.2, -0.15) is 9.65 Å². The number of rotatable bonds is 12. The number of nitrogens with zero attached hydrogens (tertiary/aromatic N) is 2. The number of halogens is 2. The van der Waals surface area contributed by atoms with E-state index >= 15 is 0 Å². The molecule has 242 valence electrons. The van der Waals surface area contributed by atoms with Crippen LogP contribution in [-0.2, 0) is 16.1 Å². The van der Waals surface area contributed by atoms with Crippen molar-refractivity contribution in [2.24, 2.45) is 11.3 Å². The van der Waals surface area contributed by atoms with Crippen LogP contribution in [0.15, 0.2) is 65.1 Å². The van der Waals surface area contributed by atoms with Gasteiger partial charge < -0.3 is 24.5 Å². The molecular weight excluding hydrogens is 623 g/mol. The maximum absolute atomic E-state index is 13.7. The van der Waals surface area contributed by atoms with E-state index in [0.29, 0.717) is 63.8 Å². The van der Waals surface area contributed by atoms with Crippen LogP contribution in [0.3, 0.4) is 0 Å². The maximum Gasteiger partial charge on any atom is 0.337 e. The zero-order valence-corrected chi connectivity index (χ0v) is 26.7. The summed E-state index contributed by atoms with van der Waals surface area (Å²) in [5.41, 5.74) is 4.43. The average molecular weight is 657 g/mol. The molecule has 11 heteroatoms. The largest absolute Gasteiger partial charge is 0.473 e. The molecule has 1 saturated carbocycles. The highest BCUT2D eigenvalue weighted by Crippen LogP contribution is 2.48. The van der Waals surface area contributed by atoms with Crippen LogP contribution < -0.4 is 15.4 Å². The number of amides is 1. The number of carbonyl (C=O) groups is 2. The fourth-order valence-corrected chi connectivity index (χ4v) is 6.12. The number of methoxy groups -OCH3 is 1. The van der Waals surface area contributed by atoms with Crippen LogP contribution >= 0.6 is 11.6 Å². The summed E-state index contributed by atoms with van der Waals surface area (Å²) in [6, 6.07) is 16.8. The number of carbonyl (C=O) groups excluding carboxylic acids is 2. The lowest BCUT2D eigenvalue weighted by molar-refractivity contribution is -0.117. The zero-order chi connectivity index (χ0) is 33.0. The first-order chi connectivity index (χ1) is 22.8. The summed E-state index contributed by atoms with van der Waals surface area (Å²) in [5.74, 6) is 0.0207. The molecule has 1 fully saturated rings. The lowest BCUT2D eigenvalue weighted by atomic mass is 9.86. The first kappa shape index (κ1) is 32.1. The van der Waals surface area contributed by atoms with Crippen molar-refractivity contribution < 1.29 is 27.9 Å². The Balaban J connectivity index is 1.06. The molecule has 1 amide bonds. The number of aromatic nitrogens is 1.